The summed E-state index contributed by atoms with van der Waals surface area (Å²) in [7, 11) is 0. The van der Waals surface area contributed by atoms with Gasteiger partial charge in [0.25, 0.3) is 1.43 Å². The van der Waals surface area contributed by atoms with E-state index in [1.165, 1.54) is 6.92 Å². The molecule has 1 unspecified atom stereocenters. The highest BCUT2D eigenvalue weighted by molar-refractivity contribution is 8.13. The summed E-state index contributed by atoms with van der Waals surface area (Å²) in [4.78, 5) is 21.0. The molecule has 0 bridgehead atoms. The fraction of sp³-hybridized carbons (Fsp3) is 0.667. The maximum Gasteiger partial charge on any atom is 0.307 e. The molecule has 10 heavy (non-hydrogen) atoms. The Kier molecular flexibility index (Phi) is 3.29. The van der Waals surface area contributed by atoms with Gasteiger partial charge in [0.15, 0.2) is 5.12 Å². The lowest BCUT2D eigenvalue weighted by Gasteiger charge is -2.01. The summed E-state index contributed by atoms with van der Waals surface area (Å²) in [6.45, 7) is 3.05. The van der Waals surface area contributed by atoms with Crippen LogP contribution in [-0.2, 0) is 9.59 Å². The van der Waals surface area contributed by atoms with E-state index in [1.807, 2.05) is 0 Å². The summed E-state index contributed by atoms with van der Waals surface area (Å²) in [5, 5.41) is 3.70. The number of carbonyl (C=O) groups is 2. The molecule has 0 aromatic heterocycles. The Morgan fingerprint density at radius 2 is 2.40 bits per heavy atom. The molecule has 4 heteroatoms. The lowest BCUT2D eigenvalue weighted by atomic mass is 10.2. The number of thioether (sulfide) groups is 1. The molecule has 58 valence electrons. The number of carbonyl (C=O) groups excluding carboxylic acids is 1. The highest BCUT2D eigenvalue weighted by Crippen LogP contribution is 2.08. The largest absolute Gasteiger partial charge is 0.481 e. The fourth-order valence-corrected chi connectivity index (χ4v) is 0.931. The van der Waals surface area contributed by atoms with Gasteiger partial charge in [-0.15, -0.1) is 0 Å². The Morgan fingerprint density at radius 3 is 2.80 bits per heavy atom. The molecule has 1 atom stereocenters. The van der Waals surface area contributed by atoms with Gasteiger partial charge in [-0.25, -0.2) is 0 Å². The maximum absolute atomic E-state index is 10.6. The first-order valence-electron chi connectivity index (χ1n) is 3.29. The first-order chi connectivity index (χ1) is 5.07. The Hall–Kier alpha value is -0.510. The predicted molar refractivity (Wildman–Crippen MR) is 39.9 cm³/mol. The van der Waals surface area contributed by atoms with Crippen LogP contribution in [0.1, 0.15) is 13.8 Å². The van der Waals surface area contributed by atoms with Crippen molar-refractivity contribution in [3.63, 3.8) is 0 Å². The Labute approximate surface area is 65.3 Å². The van der Waals surface area contributed by atoms with Crippen molar-refractivity contribution in [1.29, 1.82) is 1.43 Å². The third kappa shape index (κ3) is 4.38. The minimum absolute atomic E-state index is 0.0327. The molecular formula is C6H10O3S. The molecule has 0 aliphatic heterocycles. The van der Waals surface area contributed by atoms with E-state index >= 15 is 0 Å². The van der Waals surface area contributed by atoms with E-state index in [0.29, 0.717) is 5.75 Å². The van der Waals surface area contributed by atoms with Crippen LogP contribution < -0.4 is 0 Å². The van der Waals surface area contributed by atoms with Crippen LogP contribution in [0.2, 0.25) is 0 Å². The zero-order valence-electron chi connectivity index (χ0n) is 6.92. The molecule has 0 saturated carbocycles. The normalized spacial score (nSPS) is 13.6. The smallest absolute Gasteiger partial charge is 0.307 e. The van der Waals surface area contributed by atoms with Crippen molar-refractivity contribution in [2.45, 2.75) is 13.8 Å². The molecule has 0 aliphatic rings. The monoisotopic (exact) mass is 163 g/mol. The van der Waals surface area contributed by atoms with Gasteiger partial charge in [0, 0.05) is 12.7 Å². The van der Waals surface area contributed by atoms with Crippen LogP contribution in [0.25, 0.3) is 1.43 Å². The lowest BCUT2D eigenvalue weighted by molar-refractivity contribution is -0.140. The number of carboxylic acid groups (broad SMARTS) is 1. The van der Waals surface area contributed by atoms with Gasteiger partial charge in [0.2, 0.25) is 0 Å². The first-order valence-corrected chi connectivity index (χ1v) is 3.87. The van der Waals surface area contributed by atoms with Crippen molar-refractivity contribution in [3.05, 3.63) is 0 Å². The zero-order chi connectivity index (χ0) is 8.85. The van der Waals surface area contributed by atoms with Crippen LogP contribution in [0.5, 0.6) is 0 Å². The van der Waals surface area contributed by atoms with Gasteiger partial charge in [-0.3, -0.25) is 9.59 Å². The molecule has 0 heterocycles. The Balaban J connectivity index is 3.60. The number of aliphatic carboxylic acids is 1. The van der Waals surface area contributed by atoms with Crippen LogP contribution in [0.15, 0.2) is 0 Å². The van der Waals surface area contributed by atoms with Gasteiger partial charge in [0.05, 0.1) is 5.92 Å². The molecule has 0 rings (SSSR count). The van der Waals surface area contributed by atoms with E-state index in [4.69, 9.17) is 1.43 Å². The van der Waals surface area contributed by atoms with Crippen LogP contribution >= 0.6 is 11.8 Å². The van der Waals surface area contributed by atoms with Crippen molar-refractivity contribution >= 4 is 22.8 Å². The van der Waals surface area contributed by atoms with E-state index in [2.05, 4.69) is 5.11 Å². The third-order valence-electron chi connectivity index (χ3n) is 0.939. The number of hydrogen-bond donors (Lipinski definition) is 1. The van der Waals surface area contributed by atoms with Crippen molar-refractivity contribution in [2.75, 3.05) is 5.75 Å². The molecule has 3 nitrogen and oxygen atoms in total. The second-order valence-electron chi connectivity index (χ2n) is 2.02. The average Bonchev–Trinajstić information content (AvgIpc) is 1.98. The molecule has 0 saturated heterocycles. The van der Waals surface area contributed by atoms with Crippen LogP contribution in [0, 0.1) is 5.92 Å². The van der Waals surface area contributed by atoms with E-state index < -0.39 is 5.97 Å². The van der Waals surface area contributed by atoms with E-state index in [1.54, 1.807) is 6.92 Å². The number of hydrogen-bond acceptors (Lipinski definition) is 4. The van der Waals surface area contributed by atoms with Gasteiger partial charge in [-0.1, -0.05) is 18.7 Å². The van der Waals surface area contributed by atoms with E-state index in [9.17, 15) is 9.59 Å². The summed E-state index contributed by atoms with van der Waals surface area (Å²) < 4.78 is 6.28. The molecule has 0 fully saturated rings. The first kappa shape index (κ1) is 7.60. The van der Waals surface area contributed by atoms with Gasteiger partial charge >= 0.3 is 5.97 Å². The third-order valence-corrected chi connectivity index (χ3v) is 2.01. The summed E-state index contributed by atoms with van der Waals surface area (Å²) in [5.74, 6) is -0.604. The fourth-order valence-electron chi connectivity index (χ4n) is 0.310. The zero-order valence-corrected chi connectivity index (χ0v) is 6.73. The highest BCUT2D eigenvalue weighted by Gasteiger charge is 2.11. The van der Waals surface area contributed by atoms with Crippen molar-refractivity contribution in [1.82, 2.24) is 0 Å². The predicted octanol–water partition coefficient (Wildman–Crippen LogP) is 0.987. The number of carboxylic acids is 1. The molecule has 1 N–H and O–H groups in total. The molecule has 0 aliphatic carbocycles. The van der Waals surface area contributed by atoms with Gasteiger partial charge in [-0.05, 0) is 0 Å². The maximum atomic E-state index is 10.6. The van der Waals surface area contributed by atoms with Crippen molar-refractivity contribution < 1.29 is 14.7 Å². The molecular weight excluding hydrogens is 152 g/mol. The minimum atomic E-state index is -0.598. The van der Waals surface area contributed by atoms with Crippen LogP contribution in [0.4, 0.5) is 0 Å². The van der Waals surface area contributed by atoms with Gasteiger partial charge in [0.1, 0.15) is 0 Å². The summed E-state index contributed by atoms with van der Waals surface area (Å²) in [6, 6.07) is 0. The van der Waals surface area contributed by atoms with E-state index in [-0.39, 0.29) is 11.0 Å². The Bertz CT molecular complexity index is 160. The average molecular weight is 163 g/mol. The topological polar surface area (TPSA) is 54.4 Å². The molecule has 0 radical (unpaired) electrons. The summed E-state index contributed by atoms with van der Waals surface area (Å²) >= 11 is 1.06. The second kappa shape index (κ2) is 4.33. The van der Waals surface area contributed by atoms with Crippen molar-refractivity contribution in [3.8, 4) is 0 Å². The number of rotatable bonds is 3. The highest BCUT2D eigenvalue weighted by atomic mass is 32.2. The standard InChI is InChI=1S/C6H10O3S/c1-4(6(8)9)3-10-5(2)7/h4H,3H2,1-2H3,(H,8,9)/i/hD. The lowest BCUT2D eigenvalue weighted by Crippen LogP contribution is -2.12. The molecule has 0 spiro atoms. The summed E-state index contributed by atoms with van der Waals surface area (Å²) in [5.41, 5.74) is 0. The van der Waals surface area contributed by atoms with Crippen molar-refractivity contribution in [2.24, 2.45) is 5.92 Å². The minimum Gasteiger partial charge on any atom is -0.481 e. The van der Waals surface area contributed by atoms with Gasteiger partial charge in [-0.2, -0.15) is 0 Å². The molecule has 0 aromatic rings. The van der Waals surface area contributed by atoms with Crippen LogP contribution in [-0.4, -0.2) is 21.9 Å². The molecule has 0 amide bonds. The molecule has 0 aromatic carbocycles. The van der Waals surface area contributed by atoms with Crippen LogP contribution in [0.3, 0.4) is 0 Å². The summed E-state index contributed by atoms with van der Waals surface area (Å²) in [6.07, 6.45) is 0. The SMILES string of the molecule is [2H]OC(=O)C(C)CSC(C)=O. The Morgan fingerprint density at radius 1 is 1.80 bits per heavy atom. The van der Waals surface area contributed by atoms with Gasteiger partial charge < -0.3 is 5.11 Å². The second-order valence-corrected chi connectivity index (χ2v) is 3.22. The quantitative estimate of drug-likeness (QED) is 0.674. The van der Waals surface area contributed by atoms with E-state index in [0.717, 1.165) is 11.8 Å².